The van der Waals surface area contributed by atoms with Crippen molar-refractivity contribution in [1.82, 2.24) is 4.90 Å². The quantitative estimate of drug-likeness (QED) is 0.771. The fourth-order valence-corrected chi connectivity index (χ4v) is 4.19. The van der Waals surface area contributed by atoms with Crippen molar-refractivity contribution in [2.24, 2.45) is 11.7 Å². The maximum Gasteiger partial charge on any atom is 0.238 e. The molecular formula is C21H32N4O2. The van der Waals surface area contributed by atoms with Crippen LogP contribution in [0.1, 0.15) is 44.9 Å². The van der Waals surface area contributed by atoms with Gasteiger partial charge in [0.1, 0.15) is 0 Å². The molecule has 3 N–H and O–H groups in total. The first kappa shape index (κ1) is 19.7. The van der Waals surface area contributed by atoms with E-state index in [1.54, 1.807) is 0 Å². The van der Waals surface area contributed by atoms with Crippen molar-refractivity contribution in [3.8, 4) is 0 Å². The van der Waals surface area contributed by atoms with E-state index < -0.39 is 0 Å². The summed E-state index contributed by atoms with van der Waals surface area (Å²) in [5.74, 6) is 0.247. The van der Waals surface area contributed by atoms with E-state index in [0.29, 0.717) is 18.9 Å². The number of amides is 2. The molecule has 148 valence electrons. The van der Waals surface area contributed by atoms with Gasteiger partial charge in [0.2, 0.25) is 11.8 Å². The van der Waals surface area contributed by atoms with Gasteiger partial charge in [-0.3, -0.25) is 14.5 Å². The number of carbonyl (C=O) groups excluding carboxylic acids is 2. The van der Waals surface area contributed by atoms with Crippen LogP contribution in [0.25, 0.3) is 0 Å². The first-order valence-corrected chi connectivity index (χ1v) is 10.3. The number of nitrogens with zero attached hydrogens (tertiary/aromatic N) is 2. The molecule has 2 saturated heterocycles. The first-order chi connectivity index (χ1) is 13.1. The van der Waals surface area contributed by atoms with Crippen molar-refractivity contribution in [2.45, 2.75) is 44.9 Å². The number of hydrogen-bond donors (Lipinski definition) is 2. The van der Waals surface area contributed by atoms with Crippen LogP contribution in [0.15, 0.2) is 24.3 Å². The predicted molar refractivity (Wildman–Crippen MR) is 109 cm³/mol. The van der Waals surface area contributed by atoms with Crippen LogP contribution in [-0.2, 0) is 9.59 Å². The largest absolute Gasteiger partial charge is 0.372 e. The molecule has 3 rings (SSSR count). The lowest BCUT2D eigenvalue weighted by Gasteiger charge is -2.32. The highest BCUT2D eigenvalue weighted by Gasteiger charge is 2.22. The minimum absolute atomic E-state index is 0.0243. The Hall–Kier alpha value is -2.08. The molecule has 0 aliphatic carbocycles. The normalized spacial score (nSPS) is 21.0. The molecule has 2 amide bonds. The molecule has 2 aliphatic rings. The van der Waals surface area contributed by atoms with Crippen LogP contribution in [0.2, 0.25) is 0 Å². The molecule has 27 heavy (non-hydrogen) atoms. The van der Waals surface area contributed by atoms with Crippen molar-refractivity contribution < 1.29 is 9.59 Å². The van der Waals surface area contributed by atoms with E-state index in [4.69, 9.17) is 5.73 Å². The minimum atomic E-state index is -0.238. The molecule has 1 aromatic carbocycles. The Morgan fingerprint density at radius 2 is 1.78 bits per heavy atom. The van der Waals surface area contributed by atoms with Crippen molar-refractivity contribution in [3.05, 3.63) is 24.3 Å². The maximum absolute atomic E-state index is 12.4. The zero-order chi connectivity index (χ0) is 19.1. The maximum atomic E-state index is 12.4. The summed E-state index contributed by atoms with van der Waals surface area (Å²) < 4.78 is 0. The number of nitrogens with two attached hydrogens (primary N) is 1. The molecular weight excluding hydrogens is 340 g/mol. The van der Waals surface area contributed by atoms with Crippen LogP contribution in [0.5, 0.6) is 0 Å². The molecule has 2 aliphatic heterocycles. The van der Waals surface area contributed by atoms with E-state index in [9.17, 15) is 9.59 Å². The van der Waals surface area contributed by atoms with Gasteiger partial charge in [-0.25, -0.2) is 0 Å². The van der Waals surface area contributed by atoms with Gasteiger partial charge in [-0.1, -0.05) is 0 Å². The highest BCUT2D eigenvalue weighted by molar-refractivity contribution is 5.92. The number of rotatable bonds is 7. The van der Waals surface area contributed by atoms with Crippen LogP contribution >= 0.6 is 0 Å². The molecule has 2 fully saturated rings. The summed E-state index contributed by atoms with van der Waals surface area (Å²) in [6.45, 7) is 4.46. The summed E-state index contributed by atoms with van der Waals surface area (Å²) in [5, 5.41) is 3.01. The van der Waals surface area contributed by atoms with Gasteiger partial charge in [-0.2, -0.15) is 0 Å². The van der Waals surface area contributed by atoms with Crippen LogP contribution in [0.3, 0.4) is 0 Å². The first-order valence-electron chi connectivity index (χ1n) is 10.3. The van der Waals surface area contributed by atoms with Gasteiger partial charge in [-0.05, 0) is 75.3 Å². The smallest absolute Gasteiger partial charge is 0.238 e. The number of piperidine rings is 2. The summed E-state index contributed by atoms with van der Waals surface area (Å²) in [6.07, 6.45) is 7.29. The van der Waals surface area contributed by atoms with Gasteiger partial charge >= 0.3 is 0 Å². The lowest BCUT2D eigenvalue weighted by molar-refractivity contribution is -0.119. The van der Waals surface area contributed by atoms with E-state index in [1.807, 2.05) is 12.1 Å². The summed E-state index contributed by atoms with van der Waals surface area (Å²) in [5.41, 5.74) is 7.34. The molecule has 0 saturated carbocycles. The van der Waals surface area contributed by atoms with E-state index >= 15 is 0 Å². The number of likely N-dealkylation sites (tertiary alicyclic amines) is 1. The molecule has 0 bridgehead atoms. The number of nitrogens with one attached hydrogen (secondary N) is 1. The van der Waals surface area contributed by atoms with Crippen molar-refractivity contribution in [2.75, 3.05) is 42.9 Å². The minimum Gasteiger partial charge on any atom is -0.372 e. The molecule has 0 radical (unpaired) electrons. The summed E-state index contributed by atoms with van der Waals surface area (Å²) in [6, 6.07) is 8.19. The Morgan fingerprint density at radius 3 is 2.48 bits per heavy atom. The molecule has 1 aromatic rings. The molecule has 6 heteroatoms. The third-order valence-corrected chi connectivity index (χ3v) is 5.64. The third kappa shape index (κ3) is 6.24. The van der Waals surface area contributed by atoms with Crippen molar-refractivity contribution in [3.63, 3.8) is 0 Å². The van der Waals surface area contributed by atoms with Crippen LogP contribution < -0.4 is 16.0 Å². The predicted octanol–water partition coefficient (Wildman–Crippen LogP) is 2.59. The summed E-state index contributed by atoms with van der Waals surface area (Å²) >= 11 is 0. The second-order valence-corrected chi connectivity index (χ2v) is 7.89. The zero-order valence-corrected chi connectivity index (χ0v) is 16.2. The summed E-state index contributed by atoms with van der Waals surface area (Å²) in [4.78, 5) is 28.0. The fraction of sp³-hybridized carbons (Fsp3) is 0.619. The van der Waals surface area contributed by atoms with Gasteiger partial charge < -0.3 is 16.0 Å². The Labute approximate surface area is 162 Å². The van der Waals surface area contributed by atoms with E-state index in [-0.39, 0.29) is 11.8 Å². The molecule has 1 atom stereocenters. The van der Waals surface area contributed by atoms with Crippen LogP contribution in [0.4, 0.5) is 11.4 Å². The summed E-state index contributed by atoms with van der Waals surface area (Å²) in [7, 11) is 0. The van der Waals surface area contributed by atoms with E-state index in [0.717, 1.165) is 51.1 Å². The Kier molecular flexibility index (Phi) is 7.10. The van der Waals surface area contributed by atoms with Crippen LogP contribution in [-0.4, -0.2) is 49.4 Å². The highest BCUT2D eigenvalue weighted by atomic mass is 16.2. The average molecular weight is 373 g/mol. The highest BCUT2D eigenvalue weighted by Crippen LogP contribution is 2.23. The molecule has 6 nitrogen and oxygen atoms in total. The third-order valence-electron chi connectivity index (χ3n) is 5.64. The second-order valence-electron chi connectivity index (χ2n) is 7.89. The molecule has 2 heterocycles. The number of primary amides is 1. The molecule has 0 aromatic heterocycles. The molecule has 1 unspecified atom stereocenters. The van der Waals surface area contributed by atoms with Crippen LogP contribution in [0, 0.1) is 5.92 Å². The number of carbonyl (C=O) groups is 2. The Morgan fingerprint density at radius 1 is 1.04 bits per heavy atom. The zero-order valence-electron chi connectivity index (χ0n) is 16.2. The van der Waals surface area contributed by atoms with Gasteiger partial charge in [0.25, 0.3) is 0 Å². The lowest BCUT2D eigenvalue weighted by Crippen LogP contribution is -2.40. The standard InChI is InChI=1S/C21H32N4O2/c22-20(26)11-6-17-5-4-12-24(15-17)16-21(27)23-18-7-9-19(10-8-18)25-13-2-1-3-14-25/h7-10,17H,1-6,11-16H2,(H2,22,26)(H,23,27). The second kappa shape index (κ2) is 9.74. The SMILES string of the molecule is NC(=O)CCC1CCCN(CC(=O)Nc2ccc(N3CCCCC3)cc2)C1. The van der Waals surface area contributed by atoms with E-state index in [1.165, 1.54) is 24.9 Å². The van der Waals surface area contributed by atoms with Crippen molar-refractivity contribution in [1.29, 1.82) is 0 Å². The van der Waals surface area contributed by atoms with Crippen molar-refractivity contribution >= 4 is 23.2 Å². The van der Waals surface area contributed by atoms with E-state index in [2.05, 4.69) is 27.2 Å². The monoisotopic (exact) mass is 372 g/mol. The lowest BCUT2D eigenvalue weighted by atomic mass is 9.93. The number of anilines is 2. The van der Waals surface area contributed by atoms with Gasteiger partial charge in [-0.15, -0.1) is 0 Å². The number of hydrogen-bond acceptors (Lipinski definition) is 4. The Balaban J connectivity index is 1.45. The average Bonchev–Trinajstić information content (AvgIpc) is 2.68. The number of benzene rings is 1. The topological polar surface area (TPSA) is 78.7 Å². The fourth-order valence-electron chi connectivity index (χ4n) is 4.19. The Bertz CT molecular complexity index is 626. The van der Waals surface area contributed by atoms with Gasteiger partial charge in [0, 0.05) is 37.4 Å². The van der Waals surface area contributed by atoms with Gasteiger partial charge in [0.15, 0.2) is 0 Å². The van der Waals surface area contributed by atoms with Gasteiger partial charge in [0.05, 0.1) is 6.54 Å². The molecule has 0 spiro atoms.